The van der Waals surface area contributed by atoms with Crippen molar-refractivity contribution in [3.63, 3.8) is 0 Å². The smallest absolute Gasteiger partial charge is 0.0769 e. The van der Waals surface area contributed by atoms with Crippen molar-refractivity contribution < 1.29 is 0 Å². The van der Waals surface area contributed by atoms with Crippen LogP contribution in [0.4, 0.5) is 0 Å². The first-order valence-electron chi connectivity index (χ1n) is 7.26. The highest BCUT2D eigenvalue weighted by molar-refractivity contribution is 7.98. The van der Waals surface area contributed by atoms with Crippen LogP contribution in [0, 0.1) is 11.3 Å². The average Bonchev–Trinajstić information content (AvgIpc) is 2.93. The second-order valence-corrected chi connectivity index (χ2v) is 5.96. The second-order valence-electron chi connectivity index (χ2n) is 5.11. The van der Waals surface area contributed by atoms with Gasteiger partial charge in [-0.3, -0.25) is 4.98 Å². The molecule has 2 heterocycles. The summed E-state index contributed by atoms with van der Waals surface area (Å²) in [5.74, 6) is 0. The Morgan fingerprint density at radius 3 is 2.77 bits per heavy atom. The third kappa shape index (κ3) is 2.86. The third-order valence-electron chi connectivity index (χ3n) is 3.80. The number of rotatable bonds is 5. The van der Waals surface area contributed by atoms with E-state index in [4.69, 9.17) is 5.26 Å². The van der Waals surface area contributed by atoms with Crippen molar-refractivity contribution in [2.75, 3.05) is 6.26 Å². The number of hydrogen-bond donors (Lipinski definition) is 0. The summed E-state index contributed by atoms with van der Waals surface area (Å²) in [5, 5.41) is 9.05. The van der Waals surface area contributed by atoms with Crippen LogP contribution < -0.4 is 0 Å². The predicted octanol–water partition coefficient (Wildman–Crippen LogP) is 3.91. The minimum absolute atomic E-state index is 0.423. The maximum Gasteiger partial charge on any atom is 0.0769 e. The molecular weight excluding hydrogens is 290 g/mol. The van der Waals surface area contributed by atoms with Crippen molar-refractivity contribution in [3.05, 3.63) is 65.7 Å². The molecule has 3 rings (SSSR count). The van der Waals surface area contributed by atoms with Crippen molar-refractivity contribution >= 4 is 17.3 Å². The Balaban J connectivity index is 1.95. The fourth-order valence-electron chi connectivity index (χ4n) is 2.71. The van der Waals surface area contributed by atoms with E-state index >= 15 is 0 Å². The molecule has 0 spiro atoms. The molecular formula is C18H17N3S. The van der Waals surface area contributed by atoms with Crippen molar-refractivity contribution in [2.45, 2.75) is 24.2 Å². The second kappa shape index (κ2) is 6.67. The van der Waals surface area contributed by atoms with Crippen molar-refractivity contribution in [3.8, 4) is 6.07 Å². The predicted molar refractivity (Wildman–Crippen MR) is 90.1 cm³/mol. The zero-order valence-electron chi connectivity index (χ0n) is 12.5. The van der Waals surface area contributed by atoms with Crippen LogP contribution in [-0.4, -0.2) is 15.6 Å². The molecule has 0 unspecified atom stereocenters. The van der Waals surface area contributed by atoms with E-state index in [9.17, 15) is 0 Å². The highest BCUT2D eigenvalue weighted by Crippen LogP contribution is 2.27. The summed E-state index contributed by atoms with van der Waals surface area (Å²) < 4.78 is 2.11. The van der Waals surface area contributed by atoms with E-state index < -0.39 is 0 Å². The summed E-state index contributed by atoms with van der Waals surface area (Å²) in [7, 11) is 0. The monoisotopic (exact) mass is 307 g/mol. The van der Waals surface area contributed by atoms with Crippen molar-refractivity contribution in [1.82, 2.24) is 9.38 Å². The van der Waals surface area contributed by atoms with Crippen molar-refractivity contribution in [2.24, 2.45) is 0 Å². The fourth-order valence-corrected chi connectivity index (χ4v) is 3.35. The van der Waals surface area contributed by atoms with Gasteiger partial charge in [-0.25, -0.2) is 0 Å². The topological polar surface area (TPSA) is 41.1 Å². The molecule has 4 heteroatoms. The van der Waals surface area contributed by atoms with E-state index in [1.165, 1.54) is 5.56 Å². The third-order valence-corrected chi connectivity index (χ3v) is 4.60. The molecule has 0 aliphatic heterocycles. The van der Waals surface area contributed by atoms with E-state index in [1.54, 1.807) is 11.8 Å². The van der Waals surface area contributed by atoms with Gasteiger partial charge >= 0.3 is 0 Å². The van der Waals surface area contributed by atoms with E-state index in [0.29, 0.717) is 6.42 Å². The van der Waals surface area contributed by atoms with Gasteiger partial charge in [-0.1, -0.05) is 30.3 Å². The first kappa shape index (κ1) is 14.7. The number of aromatic nitrogens is 2. The van der Waals surface area contributed by atoms with Crippen LogP contribution in [0.25, 0.3) is 5.52 Å². The van der Waals surface area contributed by atoms with Crippen LogP contribution >= 0.6 is 11.8 Å². The van der Waals surface area contributed by atoms with Gasteiger partial charge in [0.1, 0.15) is 0 Å². The molecule has 110 valence electrons. The molecule has 0 aliphatic rings. The summed E-state index contributed by atoms with van der Waals surface area (Å²) in [6.45, 7) is 0. The number of benzene rings is 1. The average molecular weight is 307 g/mol. The van der Waals surface area contributed by atoms with E-state index in [-0.39, 0.29) is 0 Å². The summed E-state index contributed by atoms with van der Waals surface area (Å²) in [4.78, 5) is 5.72. The number of nitrogens with zero attached hydrogens (tertiary/aromatic N) is 3. The van der Waals surface area contributed by atoms with Crippen LogP contribution in [0.5, 0.6) is 0 Å². The molecule has 0 saturated carbocycles. The minimum atomic E-state index is 0.423. The molecule has 3 aromatic rings. The summed E-state index contributed by atoms with van der Waals surface area (Å²) in [6, 6.07) is 14.9. The lowest BCUT2D eigenvalue weighted by Crippen LogP contribution is -2.00. The minimum Gasteiger partial charge on any atom is -0.315 e. The lowest BCUT2D eigenvalue weighted by atomic mass is 10.1. The molecule has 0 aliphatic carbocycles. The summed E-state index contributed by atoms with van der Waals surface area (Å²) in [5.41, 5.74) is 4.59. The maximum absolute atomic E-state index is 9.05. The Hall–Kier alpha value is -2.25. The molecule has 3 nitrogen and oxygen atoms in total. The van der Waals surface area contributed by atoms with Crippen LogP contribution in [-0.2, 0) is 19.3 Å². The zero-order chi connectivity index (χ0) is 15.4. The Morgan fingerprint density at radius 1 is 1.23 bits per heavy atom. The summed E-state index contributed by atoms with van der Waals surface area (Å²) >= 11 is 1.68. The van der Waals surface area contributed by atoms with Gasteiger partial charge in [-0.15, -0.1) is 11.8 Å². The lowest BCUT2D eigenvalue weighted by Gasteiger charge is -2.05. The molecule has 1 aromatic carbocycles. The Kier molecular flexibility index (Phi) is 4.45. The first-order chi connectivity index (χ1) is 10.8. The van der Waals surface area contributed by atoms with E-state index in [2.05, 4.69) is 45.8 Å². The van der Waals surface area contributed by atoms with E-state index in [1.807, 2.05) is 24.7 Å². The maximum atomic E-state index is 9.05. The molecule has 0 radical (unpaired) electrons. The lowest BCUT2D eigenvalue weighted by molar-refractivity contribution is 0.898. The van der Waals surface area contributed by atoms with E-state index in [0.717, 1.165) is 34.6 Å². The molecule has 0 saturated heterocycles. The SMILES string of the molecule is CSc1cc2c(CCc3ccccc3)nccn2c1CC#N. The summed E-state index contributed by atoms with van der Waals surface area (Å²) in [6.07, 6.45) is 8.13. The first-order valence-corrected chi connectivity index (χ1v) is 8.48. The van der Waals surface area contributed by atoms with Crippen LogP contribution in [0.1, 0.15) is 17.0 Å². The Labute approximate surface area is 134 Å². The molecule has 0 amide bonds. The number of fused-ring (bicyclic) bond motifs is 1. The van der Waals surface area contributed by atoms with Crippen LogP contribution in [0.15, 0.2) is 53.7 Å². The van der Waals surface area contributed by atoms with Gasteiger partial charge < -0.3 is 4.40 Å². The van der Waals surface area contributed by atoms with Crippen molar-refractivity contribution in [1.29, 1.82) is 5.26 Å². The largest absolute Gasteiger partial charge is 0.315 e. The Bertz CT molecular complexity index is 815. The van der Waals surface area contributed by atoms with Gasteiger partial charge in [0, 0.05) is 17.3 Å². The molecule has 2 aromatic heterocycles. The number of aryl methyl sites for hydroxylation is 2. The van der Waals surface area contributed by atoms with Gasteiger partial charge in [0.25, 0.3) is 0 Å². The van der Waals surface area contributed by atoms with Crippen LogP contribution in [0.2, 0.25) is 0 Å². The Morgan fingerprint density at radius 2 is 2.05 bits per heavy atom. The highest BCUT2D eigenvalue weighted by atomic mass is 32.2. The molecule has 0 atom stereocenters. The quantitative estimate of drug-likeness (QED) is 0.671. The standard InChI is InChI=1S/C18H17N3S/c1-22-18-13-17-15(8-7-14-5-3-2-4-6-14)20-11-12-21(17)16(18)9-10-19/h2-6,11-13H,7-9H2,1H3. The van der Waals surface area contributed by atoms with Gasteiger partial charge in [-0.2, -0.15) is 5.26 Å². The molecule has 0 bridgehead atoms. The normalized spacial score (nSPS) is 10.7. The molecule has 0 fully saturated rings. The number of hydrogen-bond acceptors (Lipinski definition) is 3. The molecule has 0 N–H and O–H groups in total. The van der Waals surface area contributed by atoms with Gasteiger partial charge in [0.2, 0.25) is 0 Å². The number of nitriles is 1. The number of thioether (sulfide) groups is 1. The fraction of sp³-hybridized carbons (Fsp3) is 0.222. The van der Waals surface area contributed by atoms with Gasteiger partial charge in [0.05, 0.1) is 29.4 Å². The van der Waals surface area contributed by atoms with Gasteiger partial charge in [-0.05, 0) is 30.7 Å². The molecule has 22 heavy (non-hydrogen) atoms. The van der Waals surface area contributed by atoms with Gasteiger partial charge in [0.15, 0.2) is 0 Å². The highest BCUT2D eigenvalue weighted by Gasteiger charge is 2.12. The van der Waals surface area contributed by atoms with Crippen LogP contribution in [0.3, 0.4) is 0 Å². The zero-order valence-corrected chi connectivity index (χ0v) is 13.3.